The molecule has 2 aromatic rings. The first-order valence-corrected chi connectivity index (χ1v) is 7.40. The number of aromatic nitrogens is 2. The average Bonchev–Trinajstić information content (AvgIpc) is 3.18. The van der Waals surface area contributed by atoms with E-state index in [1.165, 1.54) is 12.1 Å². The van der Waals surface area contributed by atoms with Crippen LogP contribution in [-0.2, 0) is 11.2 Å². The van der Waals surface area contributed by atoms with E-state index in [1.54, 1.807) is 27.9 Å². The summed E-state index contributed by atoms with van der Waals surface area (Å²) >= 11 is 0. The van der Waals surface area contributed by atoms with Crippen LogP contribution in [0.25, 0.3) is 5.69 Å². The number of carbonyl (C=O) groups is 1. The molecule has 1 aromatic heterocycles. The number of amides is 1. The van der Waals surface area contributed by atoms with Crippen LogP contribution in [0.5, 0.6) is 0 Å². The van der Waals surface area contributed by atoms with Crippen LogP contribution in [0.1, 0.15) is 12.1 Å². The van der Waals surface area contributed by atoms with Crippen LogP contribution in [0.2, 0.25) is 0 Å². The maximum absolute atomic E-state index is 12.9. The zero-order valence-corrected chi connectivity index (χ0v) is 12.5. The highest BCUT2D eigenvalue weighted by Crippen LogP contribution is 2.11. The molecule has 2 heterocycles. The molecule has 116 valence electrons. The van der Waals surface area contributed by atoms with Gasteiger partial charge in [-0.25, -0.2) is 9.07 Å². The Labute approximate surface area is 128 Å². The first-order valence-electron chi connectivity index (χ1n) is 7.40. The minimum atomic E-state index is -0.280. The van der Waals surface area contributed by atoms with Crippen molar-refractivity contribution < 1.29 is 9.18 Å². The molecule has 1 amide bonds. The molecule has 0 radical (unpaired) electrons. The number of likely N-dealkylation sites (N-methyl/N-ethyl adjacent to an activating group) is 1. The Morgan fingerprint density at radius 2 is 2.18 bits per heavy atom. The second-order valence-corrected chi connectivity index (χ2v) is 5.56. The Balaban J connectivity index is 1.66. The molecule has 1 aliphatic rings. The largest absolute Gasteiger partial charge is 0.341 e. The highest BCUT2D eigenvalue weighted by Gasteiger charge is 2.23. The molecule has 0 aliphatic carbocycles. The number of benzene rings is 1. The maximum Gasteiger partial charge on any atom is 0.228 e. The van der Waals surface area contributed by atoms with Gasteiger partial charge in [0, 0.05) is 25.8 Å². The lowest BCUT2D eigenvalue weighted by molar-refractivity contribution is -0.130. The number of hydrogen-bond acceptors (Lipinski definition) is 3. The quantitative estimate of drug-likeness (QED) is 0.928. The molecule has 3 rings (SSSR count). The van der Waals surface area contributed by atoms with Crippen molar-refractivity contribution in [1.82, 2.24) is 20.0 Å². The summed E-state index contributed by atoms with van der Waals surface area (Å²) in [7, 11) is 1.84. The Hall–Kier alpha value is -2.21. The molecule has 1 unspecified atom stereocenters. The predicted molar refractivity (Wildman–Crippen MR) is 81.3 cm³/mol. The molecule has 1 atom stereocenters. The third-order valence-corrected chi connectivity index (χ3v) is 4.04. The zero-order chi connectivity index (χ0) is 15.5. The van der Waals surface area contributed by atoms with Crippen molar-refractivity contribution >= 4 is 5.91 Å². The van der Waals surface area contributed by atoms with Gasteiger partial charge in [0.05, 0.1) is 17.8 Å². The maximum atomic E-state index is 12.9. The summed E-state index contributed by atoms with van der Waals surface area (Å²) < 4.78 is 14.6. The van der Waals surface area contributed by atoms with Gasteiger partial charge in [-0.3, -0.25) is 4.79 Å². The molecule has 1 aromatic carbocycles. The second-order valence-electron chi connectivity index (χ2n) is 5.56. The van der Waals surface area contributed by atoms with Gasteiger partial charge in [-0.2, -0.15) is 5.10 Å². The fourth-order valence-electron chi connectivity index (χ4n) is 2.65. The van der Waals surface area contributed by atoms with Gasteiger partial charge in [0.2, 0.25) is 5.91 Å². The van der Waals surface area contributed by atoms with Gasteiger partial charge in [-0.15, -0.1) is 0 Å². The van der Waals surface area contributed by atoms with E-state index in [0.717, 1.165) is 25.2 Å². The van der Waals surface area contributed by atoms with Gasteiger partial charge in [0.25, 0.3) is 0 Å². The molecule has 6 heteroatoms. The van der Waals surface area contributed by atoms with Gasteiger partial charge < -0.3 is 10.2 Å². The summed E-state index contributed by atoms with van der Waals surface area (Å²) in [6, 6.07) is 8.19. The van der Waals surface area contributed by atoms with Crippen molar-refractivity contribution in [2.45, 2.75) is 18.9 Å². The van der Waals surface area contributed by atoms with Crippen LogP contribution >= 0.6 is 0 Å². The summed E-state index contributed by atoms with van der Waals surface area (Å²) in [5.41, 5.74) is 1.49. The fourth-order valence-corrected chi connectivity index (χ4v) is 2.65. The Bertz CT molecular complexity index is 646. The lowest BCUT2D eigenvalue weighted by Crippen LogP contribution is -2.39. The Kier molecular flexibility index (Phi) is 4.20. The van der Waals surface area contributed by atoms with Crippen LogP contribution in [-0.4, -0.2) is 46.8 Å². The topological polar surface area (TPSA) is 50.2 Å². The lowest BCUT2D eigenvalue weighted by atomic mass is 10.2. The normalized spacial score (nSPS) is 17.6. The number of rotatable bonds is 4. The first kappa shape index (κ1) is 14.7. The number of carbonyl (C=O) groups excluding carboxylic acids is 1. The zero-order valence-electron chi connectivity index (χ0n) is 12.5. The summed E-state index contributed by atoms with van der Waals surface area (Å²) in [5.74, 6) is -0.212. The second kappa shape index (κ2) is 6.27. The standard InChI is InChI=1S/C16H19FN4O/c1-20(15-6-8-18-11-15)16(22)10-13-7-9-21(19-13)14-4-2-12(17)3-5-14/h2-5,7,9,15,18H,6,8,10-11H2,1H3. The Morgan fingerprint density at radius 1 is 1.41 bits per heavy atom. The van der Waals surface area contributed by atoms with Gasteiger partial charge in [0.1, 0.15) is 5.82 Å². The van der Waals surface area contributed by atoms with Gasteiger partial charge in [0.15, 0.2) is 0 Å². The number of nitrogens with zero attached hydrogens (tertiary/aromatic N) is 3. The summed E-state index contributed by atoms with van der Waals surface area (Å²) in [6.07, 6.45) is 3.06. The highest BCUT2D eigenvalue weighted by atomic mass is 19.1. The molecule has 1 aliphatic heterocycles. The monoisotopic (exact) mass is 302 g/mol. The number of hydrogen-bond donors (Lipinski definition) is 1. The molecular weight excluding hydrogens is 283 g/mol. The molecule has 0 saturated carbocycles. The van der Waals surface area contributed by atoms with E-state index >= 15 is 0 Å². The molecule has 1 N–H and O–H groups in total. The SMILES string of the molecule is CN(C(=O)Cc1ccn(-c2ccc(F)cc2)n1)C1CCNC1. The number of nitrogens with one attached hydrogen (secondary N) is 1. The predicted octanol–water partition coefficient (Wildman–Crippen LogP) is 1.37. The molecule has 0 spiro atoms. The molecular formula is C16H19FN4O. The van der Waals surface area contributed by atoms with Crippen LogP contribution in [0.15, 0.2) is 36.5 Å². The third-order valence-electron chi connectivity index (χ3n) is 4.04. The minimum absolute atomic E-state index is 0.0676. The minimum Gasteiger partial charge on any atom is -0.341 e. The third kappa shape index (κ3) is 3.17. The fraction of sp³-hybridized carbons (Fsp3) is 0.375. The summed E-state index contributed by atoms with van der Waals surface area (Å²) in [5, 5.41) is 7.65. The summed E-state index contributed by atoms with van der Waals surface area (Å²) in [6.45, 7) is 1.81. The van der Waals surface area contributed by atoms with Crippen molar-refractivity contribution in [2.75, 3.05) is 20.1 Å². The molecule has 5 nitrogen and oxygen atoms in total. The van der Waals surface area contributed by atoms with E-state index in [9.17, 15) is 9.18 Å². The van der Waals surface area contributed by atoms with Gasteiger partial charge in [-0.05, 0) is 43.3 Å². The van der Waals surface area contributed by atoms with Crippen LogP contribution in [0.4, 0.5) is 4.39 Å². The van der Waals surface area contributed by atoms with Crippen molar-refractivity contribution in [2.24, 2.45) is 0 Å². The molecule has 22 heavy (non-hydrogen) atoms. The van der Waals surface area contributed by atoms with Crippen molar-refractivity contribution in [3.8, 4) is 5.69 Å². The molecule has 1 fully saturated rings. The van der Waals surface area contributed by atoms with Crippen molar-refractivity contribution in [3.63, 3.8) is 0 Å². The van der Waals surface area contributed by atoms with Crippen LogP contribution in [0, 0.1) is 5.82 Å². The molecule has 0 bridgehead atoms. The van der Waals surface area contributed by atoms with E-state index in [2.05, 4.69) is 10.4 Å². The van der Waals surface area contributed by atoms with Gasteiger partial charge in [-0.1, -0.05) is 0 Å². The van der Waals surface area contributed by atoms with Crippen molar-refractivity contribution in [3.05, 3.63) is 48.0 Å². The molecule has 1 saturated heterocycles. The average molecular weight is 302 g/mol. The highest BCUT2D eigenvalue weighted by molar-refractivity contribution is 5.78. The van der Waals surface area contributed by atoms with E-state index in [1.807, 2.05) is 13.1 Å². The van der Waals surface area contributed by atoms with Crippen LogP contribution in [0.3, 0.4) is 0 Å². The van der Waals surface area contributed by atoms with Gasteiger partial charge >= 0.3 is 0 Å². The first-order chi connectivity index (χ1) is 10.6. The number of halogens is 1. The van der Waals surface area contributed by atoms with E-state index in [-0.39, 0.29) is 24.2 Å². The Morgan fingerprint density at radius 3 is 2.86 bits per heavy atom. The van der Waals surface area contributed by atoms with Crippen LogP contribution < -0.4 is 5.32 Å². The van der Waals surface area contributed by atoms with Crippen molar-refractivity contribution in [1.29, 1.82) is 0 Å². The van der Waals surface area contributed by atoms with E-state index in [0.29, 0.717) is 5.69 Å². The van der Waals surface area contributed by atoms with E-state index in [4.69, 9.17) is 0 Å². The lowest BCUT2D eigenvalue weighted by Gasteiger charge is -2.23. The summed E-state index contributed by atoms with van der Waals surface area (Å²) in [4.78, 5) is 14.1. The van der Waals surface area contributed by atoms with E-state index < -0.39 is 0 Å². The smallest absolute Gasteiger partial charge is 0.228 e.